The summed E-state index contributed by atoms with van der Waals surface area (Å²) >= 11 is 0. The van der Waals surface area contributed by atoms with Gasteiger partial charge in [-0.15, -0.1) is 0 Å². The van der Waals surface area contributed by atoms with Crippen LogP contribution >= 0.6 is 0 Å². The van der Waals surface area contributed by atoms with Crippen LogP contribution in [0.5, 0.6) is 5.88 Å². The molecule has 0 fully saturated rings. The van der Waals surface area contributed by atoms with Crippen molar-refractivity contribution in [3.63, 3.8) is 0 Å². The molecule has 0 aliphatic heterocycles. The Kier molecular flexibility index (Phi) is 5.31. The largest absolute Gasteiger partial charge is 0.481 e. The van der Waals surface area contributed by atoms with Crippen LogP contribution in [0.15, 0.2) is 54.9 Å². The lowest BCUT2D eigenvalue weighted by Gasteiger charge is -2.16. The molecule has 0 saturated heterocycles. The molecule has 0 atom stereocenters. The first kappa shape index (κ1) is 17.7. The summed E-state index contributed by atoms with van der Waals surface area (Å²) in [6.45, 7) is 3.37. The molecule has 2 aromatic heterocycles. The van der Waals surface area contributed by atoms with Gasteiger partial charge in [-0.2, -0.15) is 5.10 Å². The maximum atomic E-state index is 12.6. The Balaban J connectivity index is 1.71. The molecule has 0 unspecified atom stereocenters. The molecule has 0 radical (unpaired) electrons. The molecule has 6 nitrogen and oxygen atoms in total. The zero-order valence-corrected chi connectivity index (χ0v) is 15.2. The minimum atomic E-state index is -0.0283. The van der Waals surface area contributed by atoms with E-state index in [1.807, 2.05) is 54.2 Å². The molecule has 0 aliphatic carbocycles. The van der Waals surface area contributed by atoms with Crippen molar-refractivity contribution >= 4 is 5.91 Å². The van der Waals surface area contributed by atoms with E-state index >= 15 is 0 Å². The van der Waals surface area contributed by atoms with Crippen molar-refractivity contribution < 1.29 is 9.53 Å². The van der Waals surface area contributed by atoms with Gasteiger partial charge in [-0.3, -0.25) is 9.48 Å². The summed E-state index contributed by atoms with van der Waals surface area (Å²) in [5.41, 5.74) is 3.40. The number of benzene rings is 1. The van der Waals surface area contributed by atoms with Gasteiger partial charge in [0.25, 0.3) is 5.91 Å². The van der Waals surface area contributed by atoms with Crippen LogP contribution in [-0.2, 0) is 13.1 Å². The van der Waals surface area contributed by atoms with Crippen LogP contribution in [0, 0.1) is 0 Å². The molecular weight excluding hydrogens is 328 g/mol. The number of carbonyl (C=O) groups excluding carboxylic acids is 1. The summed E-state index contributed by atoms with van der Waals surface area (Å²) in [6, 6.07) is 13.1. The number of aryl methyl sites for hydroxylation is 1. The van der Waals surface area contributed by atoms with Crippen LogP contribution in [0.4, 0.5) is 0 Å². The third-order valence-electron chi connectivity index (χ3n) is 4.14. The Bertz CT molecular complexity index is 887. The van der Waals surface area contributed by atoms with E-state index in [0.29, 0.717) is 18.0 Å². The van der Waals surface area contributed by atoms with Crippen molar-refractivity contribution in [1.82, 2.24) is 19.7 Å². The topological polar surface area (TPSA) is 60.2 Å². The van der Waals surface area contributed by atoms with Gasteiger partial charge in [0.2, 0.25) is 5.88 Å². The number of pyridine rings is 1. The van der Waals surface area contributed by atoms with Gasteiger partial charge in [0.1, 0.15) is 0 Å². The highest BCUT2D eigenvalue weighted by atomic mass is 16.5. The predicted molar refractivity (Wildman–Crippen MR) is 99.9 cm³/mol. The summed E-state index contributed by atoms with van der Waals surface area (Å²) < 4.78 is 7.01. The summed E-state index contributed by atoms with van der Waals surface area (Å²) in [7, 11) is 3.39. The standard InChI is InChI=1S/C20H22N4O2/c1-4-24-14-15(12-21-24)13-23(2)20(25)17-10-8-16(9-11-17)18-6-5-7-19(22-18)26-3/h5-12,14H,4,13H2,1-3H3. The Labute approximate surface area is 153 Å². The zero-order chi connectivity index (χ0) is 18.5. The molecular formula is C20H22N4O2. The lowest BCUT2D eigenvalue weighted by molar-refractivity contribution is 0.0785. The van der Waals surface area contributed by atoms with Crippen molar-refractivity contribution in [2.45, 2.75) is 20.0 Å². The van der Waals surface area contributed by atoms with Crippen molar-refractivity contribution in [2.24, 2.45) is 0 Å². The predicted octanol–water partition coefficient (Wildman–Crippen LogP) is 3.25. The molecule has 0 bridgehead atoms. The quantitative estimate of drug-likeness (QED) is 0.685. The summed E-state index contributed by atoms with van der Waals surface area (Å²) in [6.07, 6.45) is 3.76. The second kappa shape index (κ2) is 7.82. The van der Waals surface area contributed by atoms with Gasteiger partial charge < -0.3 is 9.64 Å². The van der Waals surface area contributed by atoms with Gasteiger partial charge >= 0.3 is 0 Å². The number of methoxy groups -OCH3 is 1. The van der Waals surface area contributed by atoms with Gasteiger partial charge in [0.05, 0.1) is 19.0 Å². The third-order valence-corrected chi connectivity index (χ3v) is 4.14. The van der Waals surface area contributed by atoms with Gasteiger partial charge in [-0.25, -0.2) is 4.98 Å². The number of ether oxygens (including phenoxy) is 1. The molecule has 0 aliphatic rings. The van der Waals surface area contributed by atoms with E-state index in [1.165, 1.54) is 0 Å². The first-order valence-corrected chi connectivity index (χ1v) is 8.49. The van der Waals surface area contributed by atoms with E-state index in [1.54, 1.807) is 31.3 Å². The van der Waals surface area contributed by atoms with Crippen molar-refractivity contribution in [3.05, 3.63) is 66.0 Å². The third kappa shape index (κ3) is 3.91. The highest BCUT2D eigenvalue weighted by Gasteiger charge is 2.13. The van der Waals surface area contributed by atoms with E-state index in [0.717, 1.165) is 23.4 Å². The lowest BCUT2D eigenvalue weighted by atomic mass is 10.1. The second-order valence-electron chi connectivity index (χ2n) is 6.01. The Hall–Kier alpha value is -3.15. The number of carbonyl (C=O) groups is 1. The smallest absolute Gasteiger partial charge is 0.253 e. The van der Waals surface area contributed by atoms with Gasteiger partial charge in [0.15, 0.2) is 0 Å². The van der Waals surface area contributed by atoms with Crippen molar-refractivity contribution in [1.29, 1.82) is 0 Å². The van der Waals surface area contributed by atoms with Crippen LogP contribution < -0.4 is 4.74 Å². The minimum absolute atomic E-state index is 0.0283. The molecule has 134 valence electrons. The zero-order valence-electron chi connectivity index (χ0n) is 15.2. The average molecular weight is 350 g/mol. The second-order valence-corrected chi connectivity index (χ2v) is 6.01. The van der Waals surface area contributed by atoms with E-state index in [4.69, 9.17) is 4.74 Å². The molecule has 3 aromatic rings. The molecule has 2 heterocycles. The number of nitrogens with zero attached hydrogens (tertiary/aromatic N) is 4. The number of aromatic nitrogens is 3. The van der Waals surface area contributed by atoms with Crippen molar-refractivity contribution in [3.8, 4) is 17.1 Å². The molecule has 0 saturated carbocycles. The molecule has 0 N–H and O–H groups in total. The van der Waals surface area contributed by atoms with Gasteiger partial charge in [-0.1, -0.05) is 18.2 Å². The van der Waals surface area contributed by atoms with Crippen LogP contribution in [-0.4, -0.2) is 39.7 Å². The first-order valence-electron chi connectivity index (χ1n) is 8.49. The van der Waals surface area contributed by atoms with E-state index in [9.17, 15) is 4.79 Å². The number of amides is 1. The van der Waals surface area contributed by atoms with Crippen LogP contribution in [0.25, 0.3) is 11.3 Å². The summed E-state index contributed by atoms with van der Waals surface area (Å²) in [4.78, 5) is 18.7. The van der Waals surface area contributed by atoms with E-state index in [-0.39, 0.29) is 5.91 Å². The number of rotatable bonds is 6. The van der Waals surface area contributed by atoms with Crippen molar-refractivity contribution in [2.75, 3.05) is 14.2 Å². The Morgan fingerprint density at radius 1 is 1.19 bits per heavy atom. The molecule has 1 amide bonds. The molecule has 3 rings (SSSR count). The molecule has 6 heteroatoms. The maximum Gasteiger partial charge on any atom is 0.253 e. The molecule has 26 heavy (non-hydrogen) atoms. The average Bonchev–Trinajstić information content (AvgIpc) is 3.15. The SMILES string of the molecule is CCn1cc(CN(C)C(=O)c2ccc(-c3cccc(OC)n3)cc2)cn1. The van der Waals surface area contributed by atoms with E-state index < -0.39 is 0 Å². The molecule has 1 aromatic carbocycles. The Morgan fingerprint density at radius 2 is 1.96 bits per heavy atom. The fourth-order valence-corrected chi connectivity index (χ4v) is 2.70. The van der Waals surface area contributed by atoms with Crippen LogP contribution in [0.2, 0.25) is 0 Å². The maximum absolute atomic E-state index is 12.6. The number of hydrogen-bond acceptors (Lipinski definition) is 4. The van der Waals surface area contributed by atoms with Gasteiger partial charge in [0, 0.05) is 49.1 Å². The summed E-state index contributed by atoms with van der Waals surface area (Å²) in [5, 5.41) is 4.24. The monoisotopic (exact) mass is 350 g/mol. The minimum Gasteiger partial charge on any atom is -0.481 e. The normalized spacial score (nSPS) is 10.6. The summed E-state index contributed by atoms with van der Waals surface area (Å²) in [5.74, 6) is 0.536. The van der Waals surface area contributed by atoms with Gasteiger partial charge in [-0.05, 0) is 25.1 Å². The highest BCUT2D eigenvalue weighted by Crippen LogP contribution is 2.20. The molecule has 0 spiro atoms. The van der Waals surface area contributed by atoms with Crippen LogP contribution in [0.1, 0.15) is 22.8 Å². The first-order chi connectivity index (χ1) is 12.6. The fourth-order valence-electron chi connectivity index (χ4n) is 2.70. The van der Waals surface area contributed by atoms with E-state index in [2.05, 4.69) is 10.1 Å². The van der Waals surface area contributed by atoms with Crippen LogP contribution in [0.3, 0.4) is 0 Å². The Morgan fingerprint density at radius 3 is 2.62 bits per heavy atom. The fraction of sp³-hybridized carbons (Fsp3) is 0.250. The number of hydrogen-bond donors (Lipinski definition) is 0. The lowest BCUT2D eigenvalue weighted by Crippen LogP contribution is -2.25. The highest BCUT2D eigenvalue weighted by molar-refractivity contribution is 5.94.